The number of benzene rings is 1. The van der Waals surface area contributed by atoms with E-state index in [-0.39, 0.29) is 12.0 Å². The van der Waals surface area contributed by atoms with Crippen LogP contribution in [0.15, 0.2) is 22.7 Å². The minimum atomic E-state index is -0.822. The van der Waals surface area contributed by atoms with Crippen molar-refractivity contribution in [3.8, 4) is 0 Å². The van der Waals surface area contributed by atoms with E-state index in [0.717, 1.165) is 16.5 Å². The van der Waals surface area contributed by atoms with Crippen LogP contribution < -0.4 is 0 Å². The second-order valence-electron chi connectivity index (χ2n) is 4.76. The molecule has 0 spiro atoms. The van der Waals surface area contributed by atoms with Gasteiger partial charge in [0.25, 0.3) is 0 Å². The minimum absolute atomic E-state index is 0.0238. The number of hydrogen-bond donors (Lipinski definition) is 1. The van der Waals surface area contributed by atoms with E-state index in [0.29, 0.717) is 6.54 Å². The Kier molecular flexibility index (Phi) is 3.43. The number of halogens is 1. The van der Waals surface area contributed by atoms with Crippen LogP contribution in [0.3, 0.4) is 0 Å². The van der Waals surface area contributed by atoms with E-state index in [9.17, 15) is 9.90 Å². The summed E-state index contributed by atoms with van der Waals surface area (Å²) in [7, 11) is 0. The van der Waals surface area contributed by atoms with Crippen LogP contribution in [0.1, 0.15) is 31.0 Å². The number of nitrogens with zero attached hydrogens (tertiary/aromatic N) is 1. The topological polar surface area (TPSA) is 40.5 Å². The normalized spacial score (nSPS) is 19.3. The van der Waals surface area contributed by atoms with Gasteiger partial charge < -0.3 is 10.0 Å². The Morgan fingerprint density at radius 3 is 2.82 bits per heavy atom. The van der Waals surface area contributed by atoms with E-state index in [4.69, 9.17) is 0 Å². The smallest absolute Gasteiger partial charge is 0.407 e. The molecule has 4 heteroatoms. The van der Waals surface area contributed by atoms with E-state index in [1.807, 2.05) is 12.1 Å². The molecule has 1 N–H and O–H groups in total. The van der Waals surface area contributed by atoms with E-state index >= 15 is 0 Å². The van der Waals surface area contributed by atoms with E-state index in [1.165, 1.54) is 5.56 Å². The van der Waals surface area contributed by atoms with Gasteiger partial charge in [-0.2, -0.15) is 0 Å². The van der Waals surface area contributed by atoms with Gasteiger partial charge in [-0.3, -0.25) is 0 Å². The van der Waals surface area contributed by atoms with Gasteiger partial charge >= 0.3 is 6.09 Å². The Balaban J connectivity index is 2.46. The van der Waals surface area contributed by atoms with Crippen molar-refractivity contribution in [3.05, 3.63) is 33.8 Å². The van der Waals surface area contributed by atoms with Crippen molar-refractivity contribution < 1.29 is 9.90 Å². The van der Waals surface area contributed by atoms with Gasteiger partial charge in [0.05, 0.1) is 6.04 Å². The van der Waals surface area contributed by atoms with Crippen LogP contribution in [0.2, 0.25) is 0 Å². The second kappa shape index (κ2) is 4.69. The quantitative estimate of drug-likeness (QED) is 0.859. The number of rotatable bonds is 1. The lowest BCUT2D eigenvalue weighted by Crippen LogP contribution is -2.41. The number of amides is 1. The van der Waals surface area contributed by atoms with Gasteiger partial charge in [0.15, 0.2) is 0 Å². The first-order chi connectivity index (χ1) is 8.00. The highest BCUT2D eigenvalue weighted by Crippen LogP contribution is 2.36. The molecule has 3 nitrogen and oxygen atoms in total. The molecule has 1 aliphatic rings. The monoisotopic (exact) mass is 297 g/mol. The van der Waals surface area contributed by atoms with Gasteiger partial charge in [-0.25, -0.2) is 4.79 Å². The van der Waals surface area contributed by atoms with E-state index in [2.05, 4.69) is 35.8 Å². The molecule has 17 heavy (non-hydrogen) atoms. The van der Waals surface area contributed by atoms with E-state index in [1.54, 1.807) is 4.90 Å². The molecule has 2 rings (SSSR count). The number of hydrogen-bond acceptors (Lipinski definition) is 1. The molecule has 0 aromatic heterocycles. The van der Waals surface area contributed by atoms with Crippen molar-refractivity contribution in [1.29, 1.82) is 0 Å². The fraction of sp³-hybridized carbons (Fsp3) is 0.462. The molecular formula is C13H16BrNO2. The third kappa shape index (κ3) is 2.32. The van der Waals surface area contributed by atoms with Gasteiger partial charge in [0, 0.05) is 11.0 Å². The predicted molar refractivity (Wildman–Crippen MR) is 70.2 cm³/mol. The molecule has 1 atom stereocenters. The molecule has 0 fully saturated rings. The summed E-state index contributed by atoms with van der Waals surface area (Å²) in [5, 5.41) is 9.25. The van der Waals surface area contributed by atoms with Gasteiger partial charge in [0.1, 0.15) is 0 Å². The summed E-state index contributed by atoms with van der Waals surface area (Å²) in [6.45, 7) is 4.72. The lowest BCUT2D eigenvalue weighted by Gasteiger charge is -2.38. The Morgan fingerprint density at radius 2 is 2.24 bits per heavy atom. The summed E-state index contributed by atoms with van der Waals surface area (Å²) in [6.07, 6.45) is -0.0260. The molecule has 0 saturated carbocycles. The average Bonchev–Trinajstić information content (AvgIpc) is 2.26. The molecule has 1 aliphatic heterocycles. The molecule has 1 aromatic carbocycles. The maximum Gasteiger partial charge on any atom is 0.407 e. The third-order valence-corrected chi connectivity index (χ3v) is 3.75. The molecule has 92 valence electrons. The highest BCUT2D eigenvalue weighted by atomic mass is 79.9. The van der Waals surface area contributed by atoms with Gasteiger partial charge in [-0.1, -0.05) is 35.8 Å². The molecule has 0 radical (unpaired) electrons. The number of carbonyl (C=O) groups is 1. The summed E-state index contributed by atoms with van der Waals surface area (Å²) in [5.41, 5.74) is 2.41. The molecule has 0 aliphatic carbocycles. The van der Waals surface area contributed by atoms with Crippen LogP contribution >= 0.6 is 15.9 Å². The summed E-state index contributed by atoms with van der Waals surface area (Å²) in [6, 6.07) is 6.10. The standard InChI is InChI=1S/C13H16BrNO2/c1-8(2)12-11-4-3-10(14)7-9(11)5-6-15(12)13(16)17/h3-4,7-8,12H,5-6H2,1-2H3,(H,16,17). The molecule has 1 aromatic rings. The van der Waals surface area contributed by atoms with Crippen LogP contribution in [0.4, 0.5) is 4.79 Å². The van der Waals surface area contributed by atoms with Crippen LogP contribution in [0.25, 0.3) is 0 Å². The van der Waals surface area contributed by atoms with Crippen molar-refractivity contribution >= 4 is 22.0 Å². The van der Waals surface area contributed by atoms with Crippen LogP contribution in [-0.4, -0.2) is 22.6 Å². The zero-order valence-corrected chi connectivity index (χ0v) is 11.6. The Bertz CT molecular complexity index is 445. The van der Waals surface area contributed by atoms with E-state index < -0.39 is 6.09 Å². The Labute approximate surface area is 110 Å². The fourth-order valence-corrected chi connectivity index (χ4v) is 2.97. The first-order valence-electron chi connectivity index (χ1n) is 5.78. The zero-order chi connectivity index (χ0) is 12.6. The molecule has 1 heterocycles. The van der Waals surface area contributed by atoms with Crippen molar-refractivity contribution in [1.82, 2.24) is 4.90 Å². The zero-order valence-electron chi connectivity index (χ0n) is 9.98. The SMILES string of the molecule is CC(C)C1c2ccc(Br)cc2CCN1C(=O)O. The minimum Gasteiger partial charge on any atom is -0.465 e. The van der Waals surface area contributed by atoms with Crippen molar-refractivity contribution in [2.45, 2.75) is 26.3 Å². The molecule has 0 bridgehead atoms. The van der Waals surface area contributed by atoms with Gasteiger partial charge in [-0.05, 0) is 35.6 Å². The van der Waals surface area contributed by atoms with Crippen molar-refractivity contribution in [2.24, 2.45) is 5.92 Å². The maximum absolute atomic E-state index is 11.3. The summed E-state index contributed by atoms with van der Waals surface area (Å²) in [4.78, 5) is 12.8. The van der Waals surface area contributed by atoms with Crippen molar-refractivity contribution in [3.63, 3.8) is 0 Å². The first kappa shape index (κ1) is 12.4. The molecule has 1 amide bonds. The van der Waals surface area contributed by atoms with Gasteiger partial charge in [0.2, 0.25) is 0 Å². The highest BCUT2D eigenvalue weighted by molar-refractivity contribution is 9.10. The summed E-state index contributed by atoms with van der Waals surface area (Å²) < 4.78 is 1.06. The molecule has 1 unspecified atom stereocenters. The van der Waals surface area contributed by atoms with Crippen molar-refractivity contribution in [2.75, 3.05) is 6.54 Å². The lowest BCUT2D eigenvalue weighted by atomic mass is 9.86. The van der Waals surface area contributed by atoms with Gasteiger partial charge in [-0.15, -0.1) is 0 Å². The Hall–Kier alpha value is -1.03. The fourth-order valence-electron chi connectivity index (χ4n) is 2.56. The number of fused-ring (bicyclic) bond motifs is 1. The maximum atomic E-state index is 11.3. The predicted octanol–water partition coefficient (Wildman–Crippen LogP) is 3.68. The Morgan fingerprint density at radius 1 is 1.53 bits per heavy atom. The molecule has 0 saturated heterocycles. The average molecular weight is 298 g/mol. The van der Waals surface area contributed by atoms with Crippen LogP contribution in [0, 0.1) is 5.92 Å². The largest absolute Gasteiger partial charge is 0.465 e. The summed E-state index contributed by atoms with van der Waals surface area (Å²) >= 11 is 3.46. The third-order valence-electron chi connectivity index (χ3n) is 3.26. The highest BCUT2D eigenvalue weighted by Gasteiger charge is 2.32. The second-order valence-corrected chi connectivity index (χ2v) is 5.67. The number of carboxylic acid groups (broad SMARTS) is 1. The molecular weight excluding hydrogens is 282 g/mol. The lowest BCUT2D eigenvalue weighted by molar-refractivity contribution is 0.104. The van der Waals surface area contributed by atoms with Crippen LogP contribution in [0.5, 0.6) is 0 Å². The summed E-state index contributed by atoms with van der Waals surface area (Å²) in [5.74, 6) is 0.284. The van der Waals surface area contributed by atoms with Crippen LogP contribution in [-0.2, 0) is 6.42 Å². The first-order valence-corrected chi connectivity index (χ1v) is 6.58.